The zero-order chi connectivity index (χ0) is 14.0. The van der Waals surface area contributed by atoms with E-state index in [1.165, 1.54) is 16.8 Å². The molecule has 2 aromatic heterocycles. The Hall–Kier alpha value is -2.15. The molecule has 0 radical (unpaired) electrons. The maximum Gasteiger partial charge on any atom is 0.331 e. The lowest BCUT2D eigenvalue weighted by atomic mass is 10.3. The quantitative estimate of drug-likeness (QED) is 0.771. The van der Waals surface area contributed by atoms with Crippen LogP contribution in [0.15, 0.2) is 27.9 Å². The van der Waals surface area contributed by atoms with Gasteiger partial charge in [0.05, 0.1) is 17.9 Å². The van der Waals surface area contributed by atoms with Gasteiger partial charge in [-0.05, 0) is 13.0 Å². The van der Waals surface area contributed by atoms with Gasteiger partial charge in [0.1, 0.15) is 0 Å². The van der Waals surface area contributed by atoms with E-state index in [1.54, 1.807) is 4.68 Å². The predicted molar refractivity (Wildman–Crippen MR) is 71.1 cm³/mol. The summed E-state index contributed by atoms with van der Waals surface area (Å²) in [7, 11) is 1.82. The molecule has 19 heavy (non-hydrogen) atoms. The third-order valence-electron chi connectivity index (χ3n) is 2.92. The van der Waals surface area contributed by atoms with E-state index in [4.69, 9.17) is 5.73 Å². The smallest absolute Gasteiger partial charge is 0.329 e. The Morgan fingerprint density at radius 3 is 2.68 bits per heavy atom. The van der Waals surface area contributed by atoms with Gasteiger partial charge in [-0.3, -0.25) is 18.6 Å². The SMILES string of the molecule is Cc1cc(Cn2ccc(=O)n(CCN)c2=O)n(C)n1. The molecular weight excluding hydrogens is 246 g/mol. The van der Waals surface area contributed by atoms with E-state index in [2.05, 4.69) is 5.10 Å². The highest BCUT2D eigenvalue weighted by molar-refractivity contribution is 5.09. The van der Waals surface area contributed by atoms with Crippen LogP contribution in [-0.4, -0.2) is 25.5 Å². The van der Waals surface area contributed by atoms with E-state index in [-0.39, 0.29) is 24.3 Å². The highest BCUT2D eigenvalue weighted by Gasteiger charge is 2.07. The first-order valence-corrected chi connectivity index (χ1v) is 6.03. The van der Waals surface area contributed by atoms with Crippen LogP contribution in [-0.2, 0) is 20.1 Å². The molecule has 2 heterocycles. The van der Waals surface area contributed by atoms with Gasteiger partial charge in [0.25, 0.3) is 5.56 Å². The van der Waals surface area contributed by atoms with E-state index in [9.17, 15) is 9.59 Å². The largest absolute Gasteiger partial charge is 0.331 e. The highest BCUT2D eigenvalue weighted by atomic mass is 16.2. The molecule has 0 spiro atoms. The Labute approximate surface area is 109 Å². The van der Waals surface area contributed by atoms with Crippen LogP contribution in [0.3, 0.4) is 0 Å². The second-order valence-electron chi connectivity index (χ2n) is 4.41. The second kappa shape index (κ2) is 5.23. The van der Waals surface area contributed by atoms with Gasteiger partial charge in [-0.1, -0.05) is 0 Å². The molecule has 0 aliphatic heterocycles. The van der Waals surface area contributed by atoms with Crippen LogP contribution in [0.5, 0.6) is 0 Å². The second-order valence-corrected chi connectivity index (χ2v) is 4.41. The molecule has 0 bridgehead atoms. The van der Waals surface area contributed by atoms with Crippen LogP contribution in [0, 0.1) is 6.92 Å². The third-order valence-corrected chi connectivity index (χ3v) is 2.92. The van der Waals surface area contributed by atoms with E-state index in [1.807, 2.05) is 20.0 Å². The van der Waals surface area contributed by atoms with Gasteiger partial charge in [0, 0.05) is 32.4 Å². The number of hydrogen-bond donors (Lipinski definition) is 1. The minimum atomic E-state index is -0.350. The Bertz CT molecular complexity index is 695. The van der Waals surface area contributed by atoms with Gasteiger partial charge in [-0.2, -0.15) is 5.10 Å². The molecule has 0 aliphatic carbocycles. The Morgan fingerprint density at radius 2 is 2.11 bits per heavy atom. The van der Waals surface area contributed by atoms with Crippen molar-refractivity contribution in [1.82, 2.24) is 18.9 Å². The summed E-state index contributed by atoms with van der Waals surface area (Å²) in [5.41, 5.74) is 6.52. The molecule has 0 atom stereocenters. The van der Waals surface area contributed by atoms with Crippen molar-refractivity contribution in [2.45, 2.75) is 20.0 Å². The lowest BCUT2D eigenvalue weighted by Gasteiger charge is -2.09. The molecule has 0 unspecified atom stereocenters. The summed E-state index contributed by atoms with van der Waals surface area (Å²) in [6.07, 6.45) is 1.50. The first kappa shape index (κ1) is 13.3. The van der Waals surface area contributed by atoms with Crippen molar-refractivity contribution >= 4 is 0 Å². The zero-order valence-electron chi connectivity index (χ0n) is 11.0. The minimum absolute atomic E-state index is 0.225. The van der Waals surface area contributed by atoms with Crippen molar-refractivity contribution in [2.24, 2.45) is 12.8 Å². The molecule has 0 amide bonds. The van der Waals surface area contributed by atoms with Crippen molar-refractivity contribution in [3.8, 4) is 0 Å². The van der Waals surface area contributed by atoms with E-state index in [0.29, 0.717) is 6.54 Å². The van der Waals surface area contributed by atoms with Gasteiger partial charge in [0.15, 0.2) is 0 Å². The van der Waals surface area contributed by atoms with Gasteiger partial charge in [0.2, 0.25) is 0 Å². The molecule has 0 saturated carbocycles. The van der Waals surface area contributed by atoms with E-state index < -0.39 is 0 Å². The standard InChI is InChI=1S/C12H17N5O2/c1-9-7-10(15(2)14-9)8-16-5-3-11(18)17(6-4-13)12(16)19/h3,5,7H,4,6,8,13H2,1-2H3. The third kappa shape index (κ3) is 2.65. The molecule has 2 N–H and O–H groups in total. The van der Waals surface area contributed by atoms with Gasteiger partial charge < -0.3 is 5.73 Å². The number of aryl methyl sites for hydroxylation is 2. The summed E-state index contributed by atoms with van der Waals surface area (Å²) >= 11 is 0. The van der Waals surface area contributed by atoms with E-state index >= 15 is 0 Å². The summed E-state index contributed by atoms with van der Waals surface area (Å²) in [4.78, 5) is 23.7. The van der Waals surface area contributed by atoms with Gasteiger partial charge in [-0.15, -0.1) is 0 Å². The molecule has 2 aromatic rings. The molecule has 7 heteroatoms. The Balaban J connectivity index is 2.41. The fourth-order valence-corrected chi connectivity index (χ4v) is 2.00. The molecule has 102 valence electrons. The van der Waals surface area contributed by atoms with Crippen molar-refractivity contribution in [3.63, 3.8) is 0 Å². The molecule has 0 fully saturated rings. The maximum absolute atomic E-state index is 12.1. The van der Waals surface area contributed by atoms with Crippen LogP contribution >= 0.6 is 0 Å². The summed E-state index contributed by atoms with van der Waals surface area (Å²) in [6.45, 7) is 2.75. The molecule has 2 rings (SSSR count). The van der Waals surface area contributed by atoms with Crippen LogP contribution in [0.1, 0.15) is 11.4 Å². The molecule has 7 nitrogen and oxygen atoms in total. The van der Waals surface area contributed by atoms with Gasteiger partial charge in [-0.25, -0.2) is 4.79 Å². The summed E-state index contributed by atoms with van der Waals surface area (Å²) in [5.74, 6) is 0. The average molecular weight is 263 g/mol. The maximum atomic E-state index is 12.1. The number of aromatic nitrogens is 4. The first-order chi connectivity index (χ1) is 9.02. The van der Waals surface area contributed by atoms with Crippen LogP contribution < -0.4 is 17.0 Å². The lowest BCUT2D eigenvalue weighted by molar-refractivity contribution is 0.564. The average Bonchev–Trinajstić information content (AvgIpc) is 2.67. The van der Waals surface area contributed by atoms with Crippen molar-refractivity contribution in [3.05, 3.63) is 50.6 Å². The lowest BCUT2D eigenvalue weighted by Crippen LogP contribution is -2.40. The summed E-state index contributed by atoms with van der Waals surface area (Å²) in [6, 6.07) is 3.28. The summed E-state index contributed by atoms with van der Waals surface area (Å²) in [5, 5.41) is 4.23. The van der Waals surface area contributed by atoms with Crippen molar-refractivity contribution in [2.75, 3.05) is 6.54 Å². The predicted octanol–water partition coefficient (Wildman–Crippen LogP) is -0.941. The van der Waals surface area contributed by atoms with Crippen LogP contribution in [0.2, 0.25) is 0 Å². The topological polar surface area (TPSA) is 87.8 Å². The van der Waals surface area contributed by atoms with Crippen molar-refractivity contribution in [1.29, 1.82) is 0 Å². The molecular formula is C12H17N5O2. The first-order valence-electron chi connectivity index (χ1n) is 6.03. The van der Waals surface area contributed by atoms with Crippen LogP contribution in [0.4, 0.5) is 0 Å². The number of nitrogens with two attached hydrogens (primary N) is 1. The number of rotatable bonds is 4. The molecule has 0 aromatic carbocycles. The fourth-order valence-electron chi connectivity index (χ4n) is 2.00. The van der Waals surface area contributed by atoms with Crippen LogP contribution in [0.25, 0.3) is 0 Å². The Kier molecular flexibility index (Phi) is 3.66. The monoisotopic (exact) mass is 263 g/mol. The minimum Gasteiger partial charge on any atom is -0.329 e. The summed E-state index contributed by atoms with van der Waals surface area (Å²) < 4.78 is 4.34. The highest BCUT2D eigenvalue weighted by Crippen LogP contribution is 2.02. The normalized spacial score (nSPS) is 10.9. The molecule has 0 saturated heterocycles. The molecule has 0 aliphatic rings. The number of nitrogens with zero attached hydrogens (tertiary/aromatic N) is 4. The number of hydrogen-bond acceptors (Lipinski definition) is 4. The van der Waals surface area contributed by atoms with Crippen molar-refractivity contribution < 1.29 is 0 Å². The Morgan fingerprint density at radius 1 is 1.37 bits per heavy atom. The zero-order valence-corrected chi connectivity index (χ0v) is 11.0. The van der Waals surface area contributed by atoms with Gasteiger partial charge >= 0.3 is 5.69 Å². The van der Waals surface area contributed by atoms with E-state index in [0.717, 1.165) is 16.0 Å². The fraction of sp³-hybridized carbons (Fsp3) is 0.417.